The molecule has 0 bridgehead atoms. The predicted octanol–water partition coefficient (Wildman–Crippen LogP) is 2.14. The topological polar surface area (TPSA) is 56.8 Å². The molecule has 0 saturated carbocycles. The van der Waals surface area contributed by atoms with Gasteiger partial charge in [-0.25, -0.2) is 0 Å². The van der Waals surface area contributed by atoms with E-state index in [2.05, 4.69) is 5.32 Å². The summed E-state index contributed by atoms with van der Waals surface area (Å²) >= 11 is 0. The van der Waals surface area contributed by atoms with Crippen molar-refractivity contribution in [2.75, 3.05) is 26.9 Å². The van der Waals surface area contributed by atoms with E-state index in [4.69, 9.17) is 14.2 Å². The van der Waals surface area contributed by atoms with Gasteiger partial charge in [0, 0.05) is 19.3 Å². The molecule has 120 valence electrons. The van der Waals surface area contributed by atoms with E-state index in [9.17, 15) is 4.79 Å². The monoisotopic (exact) mass is 289 g/mol. The highest BCUT2D eigenvalue weighted by atomic mass is 16.5. The van der Waals surface area contributed by atoms with Crippen LogP contribution in [0, 0.1) is 0 Å². The molecule has 0 rings (SSSR count). The summed E-state index contributed by atoms with van der Waals surface area (Å²) in [6.07, 6.45) is 1.55. The number of methoxy groups -OCH3 is 1. The van der Waals surface area contributed by atoms with Gasteiger partial charge in [0.25, 0.3) is 0 Å². The van der Waals surface area contributed by atoms with E-state index in [1.165, 1.54) is 7.11 Å². The Bertz CT molecular complexity index is 271. The van der Waals surface area contributed by atoms with Crippen molar-refractivity contribution in [2.45, 2.75) is 65.1 Å². The van der Waals surface area contributed by atoms with Gasteiger partial charge in [-0.05, 0) is 47.5 Å². The Labute approximate surface area is 123 Å². The summed E-state index contributed by atoms with van der Waals surface area (Å²) in [5.74, 6) is -0.228. The Hall–Kier alpha value is -0.650. The lowest BCUT2D eigenvalue weighted by Gasteiger charge is -2.30. The second-order valence-electron chi connectivity index (χ2n) is 5.57. The maximum Gasteiger partial charge on any atom is 0.325 e. The lowest BCUT2D eigenvalue weighted by atomic mass is 9.95. The largest absolute Gasteiger partial charge is 0.468 e. The summed E-state index contributed by atoms with van der Waals surface area (Å²) in [4.78, 5) is 11.9. The molecule has 0 heterocycles. The third kappa shape index (κ3) is 7.82. The van der Waals surface area contributed by atoms with Crippen molar-refractivity contribution >= 4 is 5.97 Å². The summed E-state index contributed by atoms with van der Waals surface area (Å²) < 4.78 is 15.8. The minimum Gasteiger partial charge on any atom is -0.468 e. The van der Waals surface area contributed by atoms with Crippen LogP contribution in [0.5, 0.6) is 0 Å². The van der Waals surface area contributed by atoms with Crippen molar-refractivity contribution in [3.8, 4) is 0 Å². The molecule has 20 heavy (non-hydrogen) atoms. The Morgan fingerprint density at radius 1 is 1.30 bits per heavy atom. The summed E-state index contributed by atoms with van der Waals surface area (Å²) in [7, 11) is 1.42. The van der Waals surface area contributed by atoms with Gasteiger partial charge in [0.1, 0.15) is 5.54 Å². The fourth-order valence-electron chi connectivity index (χ4n) is 2.14. The molecule has 5 heteroatoms. The quantitative estimate of drug-likeness (QED) is 0.466. The minimum atomic E-state index is -0.657. The van der Waals surface area contributed by atoms with Gasteiger partial charge >= 0.3 is 5.97 Å². The molecule has 0 aromatic rings. The van der Waals surface area contributed by atoms with Crippen LogP contribution < -0.4 is 5.32 Å². The number of esters is 1. The molecule has 0 fully saturated rings. The third-order valence-electron chi connectivity index (χ3n) is 3.02. The van der Waals surface area contributed by atoms with Gasteiger partial charge in [-0.3, -0.25) is 10.1 Å². The van der Waals surface area contributed by atoms with E-state index in [-0.39, 0.29) is 18.1 Å². The normalized spacial score (nSPS) is 15.9. The van der Waals surface area contributed by atoms with Crippen molar-refractivity contribution in [3.05, 3.63) is 0 Å². The average molecular weight is 289 g/mol. The number of rotatable bonds is 11. The number of hydrogen-bond donors (Lipinski definition) is 1. The highest BCUT2D eigenvalue weighted by Crippen LogP contribution is 2.16. The smallest absolute Gasteiger partial charge is 0.325 e. The summed E-state index contributed by atoms with van der Waals surface area (Å²) in [6.45, 7) is 11.8. The molecular formula is C15H31NO4. The predicted molar refractivity (Wildman–Crippen MR) is 79.8 cm³/mol. The highest BCUT2D eigenvalue weighted by Gasteiger charge is 2.34. The van der Waals surface area contributed by atoms with Crippen LogP contribution >= 0.6 is 0 Å². The zero-order valence-corrected chi connectivity index (χ0v) is 13.8. The van der Waals surface area contributed by atoms with Gasteiger partial charge in [-0.15, -0.1) is 0 Å². The first-order valence-corrected chi connectivity index (χ1v) is 7.41. The van der Waals surface area contributed by atoms with Gasteiger partial charge in [0.2, 0.25) is 0 Å². The Morgan fingerprint density at radius 2 is 1.95 bits per heavy atom. The van der Waals surface area contributed by atoms with Crippen LogP contribution in [0.15, 0.2) is 0 Å². The third-order valence-corrected chi connectivity index (χ3v) is 3.02. The average Bonchev–Trinajstić information content (AvgIpc) is 2.39. The Morgan fingerprint density at radius 3 is 2.45 bits per heavy atom. The highest BCUT2D eigenvalue weighted by molar-refractivity contribution is 5.80. The first-order chi connectivity index (χ1) is 9.35. The lowest BCUT2D eigenvalue weighted by molar-refractivity contribution is -0.148. The number of nitrogens with one attached hydrogen (secondary N) is 1. The number of carbonyl (C=O) groups is 1. The Balaban J connectivity index is 4.11. The van der Waals surface area contributed by atoms with Crippen molar-refractivity contribution in [1.82, 2.24) is 5.32 Å². The molecule has 0 radical (unpaired) electrons. The molecule has 1 N–H and O–H groups in total. The van der Waals surface area contributed by atoms with Crippen LogP contribution in [-0.2, 0) is 19.0 Å². The molecule has 0 aliphatic rings. The second kappa shape index (κ2) is 10.1. The first-order valence-electron chi connectivity index (χ1n) is 7.41. The van der Waals surface area contributed by atoms with E-state index >= 15 is 0 Å². The molecule has 0 aromatic carbocycles. The number of hydrogen-bond acceptors (Lipinski definition) is 5. The van der Waals surface area contributed by atoms with E-state index in [0.717, 1.165) is 6.42 Å². The van der Waals surface area contributed by atoms with Crippen LogP contribution in [0.1, 0.15) is 47.5 Å². The fraction of sp³-hybridized carbons (Fsp3) is 0.933. The second-order valence-corrected chi connectivity index (χ2v) is 5.57. The molecule has 0 amide bonds. The molecule has 0 aromatic heterocycles. The fourth-order valence-corrected chi connectivity index (χ4v) is 2.14. The lowest BCUT2D eigenvalue weighted by Crippen LogP contribution is -2.53. The van der Waals surface area contributed by atoms with Crippen LogP contribution in [0.25, 0.3) is 0 Å². The zero-order valence-electron chi connectivity index (χ0n) is 13.8. The molecule has 0 saturated heterocycles. The summed E-state index contributed by atoms with van der Waals surface area (Å²) in [6, 6.07) is 0.219. The maximum atomic E-state index is 11.9. The molecule has 2 atom stereocenters. The zero-order chi connectivity index (χ0) is 15.6. The van der Waals surface area contributed by atoms with Crippen molar-refractivity contribution in [1.29, 1.82) is 0 Å². The van der Waals surface area contributed by atoms with Crippen molar-refractivity contribution in [3.63, 3.8) is 0 Å². The van der Waals surface area contributed by atoms with Crippen LogP contribution in [0.3, 0.4) is 0 Å². The first kappa shape index (κ1) is 19.4. The van der Waals surface area contributed by atoms with E-state index in [1.54, 1.807) is 0 Å². The molecule has 2 unspecified atom stereocenters. The molecule has 0 aliphatic carbocycles. The maximum absolute atomic E-state index is 11.9. The molecule has 0 spiro atoms. The van der Waals surface area contributed by atoms with Crippen LogP contribution in [0.2, 0.25) is 0 Å². The van der Waals surface area contributed by atoms with Gasteiger partial charge < -0.3 is 14.2 Å². The van der Waals surface area contributed by atoms with Crippen LogP contribution in [0.4, 0.5) is 0 Å². The van der Waals surface area contributed by atoms with Gasteiger partial charge in [-0.2, -0.15) is 0 Å². The molecule has 0 aliphatic heterocycles. The van der Waals surface area contributed by atoms with Crippen molar-refractivity contribution < 1.29 is 19.0 Å². The van der Waals surface area contributed by atoms with Gasteiger partial charge in [0.05, 0.1) is 19.8 Å². The van der Waals surface area contributed by atoms with Crippen molar-refractivity contribution in [2.24, 2.45) is 0 Å². The Kier molecular flexibility index (Phi) is 9.80. The summed E-state index contributed by atoms with van der Waals surface area (Å²) in [5.41, 5.74) is -0.657. The van der Waals surface area contributed by atoms with E-state index in [1.807, 2.05) is 34.6 Å². The number of ether oxygens (including phenoxy) is 3. The van der Waals surface area contributed by atoms with E-state index in [0.29, 0.717) is 26.2 Å². The van der Waals surface area contributed by atoms with Crippen LogP contribution in [-0.4, -0.2) is 50.6 Å². The SMILES string of the molecule is CCOCC(C)OCCCC(C)(NC(C)C)C(=O)OC. The molecule has 5 nitrogen and oxygen atoms in total. The van der Waals surface area contributed by atoms with Gasteiger partial charge in [-0.1, -0.05) is 0 Å². The number of carbonyl (C=O) groups excluding carboxylic acids is 1. The van der Waals surface area contributed by atoms with Gasteiger partial charge in [0.15, 0.2) is 0 Å². The standard InChI is InChI=1S/C15H31NO4/c1-7-19-11-13(4)20-10-8-9-15(5,14(17)18-6)16-12(2)3/h12-13,16H,7-11H2,1-6H3. The van der Waals surface area contributed by atoms with E-state index < -0.39 is 5.54 Å². The molecular weight excluding hydrogens is 258 g/mol. The minimum absolute atomic E-state index is 0.0809. The summed E-state index contributed by atoms with van der Waals surface area (Å²) in [5, 5.41) is 3.27.